The monoisotopic (exact) mass is 400 g/mol. The lowest BCUT2D eigenvalue weighted by Gasteiger charge is -2.22. The molecule has 0 radical (unpaired) electrons. The zero-order valence-electron chi connectivity index (χ0n) is 16.8. The summed E-state index contributed by atoms with van der Waals surface area (Å²) in [6.07, 6.45) is -0.874. The van der Waals surface area contributed by atoms with E-state index in [1.165, 1.54) is 24.3 Å². The van der Waals surface area contributed by atoms with E-state index >= 15 is 0 Å². The summed E-state index contributed by atoms with van der Waals surface area (Å²) in [6.45, 7) is 6.08. The van der Waals surface area contributed by atoms with Crippen LogP contribution in [0.4, 0.5) is 8.78 Å². The lowest BCUT2D eigenvalue weighted by Crippen LogP contribution is -2.42. The first-order chi connectivity index (χ1) is 13.2. The van der Waals surface area contributed by atoms with Gasteiger partial charge in [-0.1, -0.05) is 12.1 Å². The average molecular weight is 400 g/mol. The molecule has 7 nitrogen and oxygen atoms in total. The molecule has 1 aromatic carbocycles. The molecule has 0 heterocycles. The molecule has 1 aromatic rings. The molecule has 1 rings (SSSR count). The van der Waals surface area contributed by atoms with E-state index in [2.05, 4.69) is 25.7 Å². The molecule has 0 aromatic heterocycles. The van der Waals surface area contributed by atoms with Gasteiger partial charge in [-0.3, -0.25) is 9.79 Å². The summed E-state index contributed by atoms with van der Waals surface area (Å²) in [6, 6.07) is 5.79. The largest absolute Gasteiger partial charge is 0.435 e. The van der Waals surface area contributed by atoms with Crippen LogP contribution >= 0.6 is 0 Å². The number of aliphatic hydroxyl groups excluding tert-OH is 1. The first-order valence-corrected chi connectivity index (χ1v) is 9.23. The fourth-order valence-electron chi connectivity index (χ4n) is 2.27. The van der Waals surface area contributed by atoms with Gasteiger partial charge in [0.2, 0.25) is 5.91 Å². The molecule has 0 aliphatic rings. The minimum absolute atomic E-state index is 0.0291. The summed E-state index contributed by atoms with van der Waals surface area (Å²) < 4.78 is 28.7. The number of guanidine groups is 1. The number of ether oxygens (including phenoxy) is 1. The number of aliphatic hydroxyl groups is 1. The normalized spacial score (nSPS) is 13.2. The van der Waals surface area contributed by atoms with E-state index in [0.29, 0.717) is 24.6 Å². The van der Waals surface area contributed by atoms with E-state index in [0.717, 1.165) is 0 Å². The number of rotatable bonds is 10. The van der Waals surface area contributed by atoms with Crippen molar-refractivity contribution in [3.63, 3.8) is 0 Å². The highest BCUT2D eigenvalue weighted by Gasteiger charge is 2.26. The number of nitrogens with zero attached hydrogens (tertiary/aromatic N) is 1. The molecular formula is C19H30F2N4O3. The van der Waals surface area contributed by atoms with Crippen LogP contribution in [0.3, 0.4) is 0 Å². The second kappa shape index (κ2) is 11.4. The Bertz CT molecular complexity index is 637. The third-order valence-electron chi connectivity index (χ3n) is 3.88. The van der Waals surface area contributed by atoms with Gasteiger partial charge in [-0.15, -0.1) is 0 Å². The number of benzene rings is 1. The molecule has 0 aliphatic heterocycles. The van der Waals surface area contributed by atoms with E-state index in [4.69, 9.17) is 0 Å². The topological polar surface area (TPSA) is 95.0 Å². The minimum atomic E-state index is -2.89. The van der Waals surface area contributed by atoms with Crippen molar-refractivity contribution in [2.24, 2.45) is 10.4 Å². The molecule has 0 fully saturated rings. The Labute approximate surface area is 164 Å². The third kappa shape index (κ3) is 8.08. The van der Waals surface area contributed by atoms with Crippen LogP contribution < -0.4 is 20.7 Å². The first-order valence-electron chi connectivity index (χ1n) is 9.23. The smallest absolute Gasteiger partial charge is 0.387 e. The summed E-state index contributed by atoms with van der Waals surface area (Å²) in [5, 5.41) is 19.2. The zero-order chi connectivity index (χ0) is 21.2. The Morgan fingerprint density at radius 1 is 1.14 bits per heavy atom. The summed E-state index contributed by atoms with van der Waals surface area (Å²) in [4.78, 5) is 16.5. The van der Waals surface area contributed by atoms with Gasteiger partial charge in [-0.05, 0) is 45.4 Å². The van der Waals surface area contributed by atoms with Crippen molar-refractivity contribution in [2.75, 3.05) is 26.2 Å². The maximum atomic E-state index is 12.2. The SMILES string of the molecule is CCNC(=O)C(C)(C)CN=C(NCC)NCC(O)c1ccc(OC(F)F)cc1. The van der Waals surface area contributed by atoms with Crippen molar-refractivity contribution in [3.05, 3.63) is 29.8 Å². The van der Waals surface area contributed by atoms with Crippen molar-refractivity contribution in [3.8, 4) is 5.75 Å². The minimum Gasteiger partial charge on any atom is -0.435 e. The predicted octanol–water partition coefficient (Wildman–Crippen LogP) is 2.04. The van der Waals surface area contributed by atoms with Crippen LogP contribution in [0.5, 0.6) is 5.75 Å². The zero-order valence-corrected chi connectivity index (χ0v) is 16.8. The van der Waals surface area contributed by atoms with Gasteiger partial charge in [0.25, 0.3) is 0 Å². The lowest BCUT2D eigenvalue weighted by atomic mass is 9.92. The van der Waals surface area contributed by atoms with Crippen molar-refractivity contribution < 1.29 is 23.4 Å². The van der Waals surface area contributed by atoms with Crippen LogP contribution in [-0.4, -0.2) is 49.8 Å². The number of hydrogen-bond donors (Lipinski definition) is 4. The van der Waals surface area contributed by atoms with Gasteiger partial charge in [0, 0.05) is 19.6 Å². The van der Waals surface area contributed by atoms with E-state index in [1.54, 1.807) is 0 Å². The molecule has 0 saturated carbocycles. The van der Waals surface area contributed by atoms with Gasteiger partial charge in [-0.25, -0.2) is 0 Å². The first kappa shape index (κ1) is 23.6. The molecule has 0 aliphatic carbocycles. The summed E-state index contributed by atoms with van der Waals surface area (Å²) in [5.74, 6) is 0.415. The Balaban J connectivity index is 2.67. The number of carbonyl (C=O) groups is 1. The number of halogens is 2. The number of amides is 1. The second-order valence-electron chi connectivity index (χ2n) is 6.78. The third-order valence-corrected chi connectivity index (χ3v) is 3.88. The van der Waals surface area contributed by atoms with Crippen LogP contribution in [-0.2, 0) is 4.79 Å². The predicted molar refractivity (Wildman–Crippen MR) is 104 cm³/mol. The van der Waals surface area contributed by atoms with Crippen molar-refractivity contribution in [1.82, 2.24) is 16.0 Å². The highest BCUT2D eigenvalue weighted by Crippen LogP contribution is 2.19. The number of aliphatic imine (C=N–C) groups is 1. The molecule has 28 heavy (non-hydrogen) atoms. The molecule has 1 amide bonds. The second-order valence-corrected chi connectivity index (χ2v) is 6.78. The number of carbonyl (C=O) groups excluding carboxylic acids is 1. The van der Waals surface area contributed by atoms with Crippen LogP contribution in [0.15, 0.2) is 29.3 Å². The standard InChI is InChI=1S/C19H30F2N4O3/c1-5-22-16(27)19(3,4)12-25-18(23-6-2)24-11-15(26)13-7-9-14(10-8-13)28-17(20)21/h7-10,15,17,26H,5-6,11-12H2,1-4H3,(H,22,27)(H2,23,24,25). The number of hydrogen-bond acceptors (Lipinski definition) is 4. The molecule has 0 spiro atoms. The van der Waals surface area contributed by atoms with E-state index in [1.807, 2.05) is 27.7 Å². The van der Waals surface area contributed by atoms with E-state index in [-0.39, 0.29) is 24.7 Å². The summed E-state index contributed by atoms with van der Waals surface area (Å²) in [7, 11) is 0. The molecule has 1 unspecified atom stereocenters. The fraction of sp³-hybridized carbons (Fsp3) is 0.579. The van der Waals surface area contributed by atoms with Gasteiger partial charge in [0.15, 0.2) is 5.96 Å². The Morgan fingerprint density at radius 3 is 2.29 bits per heavy atom. The molecular weight excluding hydrogens is 370 g/mol. The highest BCUT2D eigenvalue weighted by atomic mass is 19.3. The quantitative estimate of drug-likeness (QED) is 0.356. The number of nitrogens with one attached hydrogen (secondary N) is 3. The van der Waals surface area contributed by atoms with Crippen molar-refractivity contribution in [2.45, 2.75) is 40.4 Å². The molecule has 9 heteroatoms. The highest BCUT2D eigenvalue weighted by molar-refractivity contribution is 5.83. The molecule has 0 bridgehead atoms. The average Bonchev–Trinajstić information content (AvgIpc) is 2.64. The molecule has 4 N–H and O–H groups in total. The van der Waals surface area contributed by atoms with E-state index < -0.39 is 18.1 Å². The van der Waals surface area contributed by atoms with Crippen molar-refractivity contribution >= 4 is 11.9 Å². The van der Waals surface area contributed by atoms with Gasteiger partial charge in [0.05, 0.1) is 18.1 Å². The lowest BCUT2D eigenvalue weighted by molar-refractivity contribution is -0.128. The fourth-order valence-corrected chi connectivity index (χ4v) is 2.27. The Kier molecular flexibility index (Phi) is 9.64. The van der Waals surface area contributed by atoms with Crippen LogP contribution in [0, 0.1) is 5.41 Å². The number of alkyl halides is 2. The maximum Gasteiger partial charge on any atom is 0.387 e. The molecule has 158 valence electrons. The summed E-state index contributed by atoms with van der Waals surface area (Å²) >= 11 is 0. The molecule has 1 atom stereocenters. The Hall–Kier alpha value is -2.42. The van der Waals surface area contributed by atoms with Crippen molar-refractivity contribution in [1.29, 1.82) is 0 Å². The van der Waals surface area contributed by atoms with E-state index in [9.17, 15) is 18.7 Å². The molecule has 0 saturated heterocycles. The van der Waals surface area contributed by atoms with Crippen LogP contribution in [0.2, 0.25) is 0 Å². The van der Waals surface area contributed by atoms with Gasteiger partial charge in [0.1, 0.15) is 5.75 Å². The van der Waals surface area contributed by atoms with Crippen LogP contribution in [0.1, 0.15) is 39.4 Å². The summed E-state index contributed by atoms with van der Waals surface area (Å²) in [5.41, 5.74) is -0.120. The van der Waals surface area contributed by atoms with Gasteiger partial charge in [-0.2, -0.15) is 8.78 Å². The maximum absolute atomic E-state index is 12.2. The Morgan fingerprint density at radius 2 is 1.75 bits per heavy atom. The van der Waals surface area contributed by atoms with Crippen LogP contribution in [0.25, 0.3) is 0 Å². The van der Waals surface area contributed by atoms with Gasteiger partial charge < -0.3 is 25.8 Å². The van der Waals surface area contributed by atoms with Gasteiger partial charge >= 0.3 is 6.61 Å².